The summed E-state index contributed by atoms with van der Waals surface area (Å²) in [5, 5.41) is 9.09. The van der Waals surface area contributed by atoms with Gasteiger partial charge in [-0.3, -0.25) is 4.68 Å². The second kappa shape index (κ2) is 8.27. The van der Waals surface area contributed by atoms with Crippen molar-refractivity contribution >= 4 is 17.0 Å². The van der Waals surface area contributed by atoms with Gasteiger partial charge in [0.15, 0.2) is 0 Å². The van der Waals surface area contributed by atoms with Gasteiger partial charge in [-0.2, -0.15) is 15.2 Å². The van der Waals surface area contributed by atoms with Crippen LogP contribution in [0.25, 0.3) is 17.0 Å². The maximum atomic E-state index is 13.9. The molecule has 1 aliphatic carbocycles. The maximum absolute atomic E-state index is 13.9. The normalized spacial score (nSPS) is 14.4. The number of halogens is 1. The van der Waals surface area contributed by atoms with Crippen LogP contribution in [0.1, 0.15) is 60.3 Å². The smallest absolute Gasteiger partial charge is 0.341 e. The van der Waals surface area contributed by atoms with Crippen LogP contribution in [-0.4, -0.2) is 49.2 Å². The molecular weight excluding hydrogens is 427 g/mol. The first-order chi connectivity index (χ1) is 16.0. The highest BCUT2D eigenvalue weighted by Gasteiger charge is 2.33. The molecule has 3 heterocycles. The monoisotopic (exact) mass is 450 g/mol. The zero-order chi connectivity index (χ0) is 23.1. The fourth-order valence-corrected chi connectivity index (χ4v) is 3.84. The van der Waals surface area contributed by atoms with E-state index in [1.54, 1.807) is 17.7 Å². The SMILES string of the molecule is CCOC(=O)c1cnn(-c2nc(OC)c3c(n2)c(C2CC2)nn3[C@@H](C)c2cccc(F)c2)c1. The summed E-state index contributed by atoms with van der Waals surface area (Å²) in [5.74, 6) is 0.112. The lowest BCUT2D eigenvalue weighted by atomic mass is 10.1. The average Bonchev–Trinajstić information content (AvgIpc) is 3.40. The van der Waals surface area contributed by atoms with E-state index in [1.165, 1.54) is 36.3 Å². The van der Waals surface area contributed by atoms with Crippen molar-refractivity contribution in [2.45, 2.75) is 38.6 Å². The van der Waals surface area contributed by atoms with Crippen molar-refractivity contribution in [3.63, 3.8) is 0 Å². The molecule has 3 aromatic heterocycles. The number of aromatic nitrogens is 6. The highest BCUT2D eigenvalue weighted by atomic mass is 19.1. The van der Waals surface area contributed by atoms with Gasteiger partial charge >= 0.3 is 5.97 Å². The van der Waals surface area contributed by atoms with Crippen LogP contribution in [0, 0.1) is 5.82 Å². The van der Waals surface area contributed by atoms with Gasteiger partial charge in [0, 0.05) is 12.1 Å². The second-order valence-electron chi connectivity index (χ2n) is 7.96. The van der Waals surface area contributed by atoms with Crippen molar-refractivity contribution in [1.82, 2.24) is 29.5 Å². The van der Waals surface area contributed by atoms with Crippen LogP contribution in [0.15, 0.2) is 36.7 Å². The molecule has 9 nitrogen and oxygen atoms in total. The third kappa shape index (κ3) is 3.81. The molecular formula is C23H23FN6O3. The standard InChI is InChI=1S/C23H23FN6O3/c1-4-33-22(31)16-11-25-29(12-16)23-26-19-18(14-8-9-14)28-30(20(19)21(27-23)32-3)13(2)15-6-5-7-17(24)10-15/h5-7,10-14H,4,8-9H2,1-3H3/t13-/m0/s1. The molecule has 0 amide bonds. The molecule has 0 bridgehead atoms. The fraction of sp³-hybridized carbons (Fsp3) is 0.348. The lowest BCUT2D eigenvalue weighted by Crippen LogP contribution is -2.11. The molecule has 0 radical (unpaired) electrons. The zero-order valence-electron chi connectivity index (χ0n) is 18.5. The molecule has 1 saturated carbocycles. The van der Waals surface area contributed by atoms with Crippen LogP contribution in [0.2, 0.25) is 0 Å². The van der Waals surface area contributed by atoms with E-state index in [-0.39, 0.29) is 24.4 Å². The molecule has 170 valence electrons. The van der Waals surface area contributed by atoms with Crippen LogP contribution in [0.5, 0.6) is 5.88 Å². The Bertz CT molecular complexity index is 1340. The first-order valence-corrected chi connectivity index (χ1v) is 10.8. The predicted octanol–water partition coefficient (Wildman–Crippen LogP) is 3.82. The molecule has 10 heteroatoms. The molecule has 33 heavy (non-hydrogen) atoms. The van der Waals surface area contributed by atoms with E-state index in [1.807, 2.05) is 13.0 Å². The Hall–Kier alpha value is -3.82. The molecule has 1 aromatic carbocycles. The Kier molecular flexibility index (Phi) is 5.27. The van der Waals surface area contributed by atoms with Crippen LogP contribution in [0.3, 0.4) is 0 Å². The molecule has 0 N–H and O–H groups in total. The molecule has 0 spiro atoms. The first-order valence-electron chi connectivity index (χ1n) is 10.8. The molecule has 0 aliphatic heterocycles. The summed E-state index contributed by atoms with van der Waals surface area (Å²) in [4.78, 5) is 21.3. The van der Waals surface area contributed by atoms with Crippen molar-refractivity contribution in [3.05, 3.63) is 59.3 Å². The number of benzene rings is 1. The highest BCUT2D eigenvalue weighted by molar-refractivity contribution is 5.89. The van der Waals surface area contributed by atoms with Crippen molar-refractivity contribution in [3.8, 4) is 11.8 Å². The number of hydrogen-bond donors (Lipinski definition) is 0. The summed E-state index contributed by atoms with van der Waals surface area (Å²) >= 11 is 0. The lowest BCUT2D eigenvalue weighted by molar-refractivity contribution is 0.0526. The van der Waals surface area contributed by atoms with Crippen LogP contribution >= 0.6 is 0 Å². The minimum absolute atomic E-state index is 0.259. The summed E-state index contributed by atoms with van der Waals surface area (Å²) in [7, 11) is 1.53. The van der Waals surface area contributed by atoms with E-state index in [4.69, 9.17) is 19.6 Å². The average molecular weight is 450 g/mol. The number of nitrogens with zero attached hydrogens (tertiary/aromatic N) is 6. The van der Waals surface area contributed by atoms with Gasteiger partial charge < -0.3 is 9.47 Å². The number of esters is 1. The third-order valence-corrected chi connectivity index (χ3v) is 5.68. The lowest BCUT2D eigenvalue weighted by Gasteiger charge is -2.15. The predicted molar refractivity (Wildman–Crippen MR) is 117 cm³/mol. The van der Waals surface area contributed by atoms with Gasteiger partial charge in [0.25, 0.3) is 5.95 Å². The van der Waals surface area contributed by atoms with Gasteiger partial charge in [0.05, 0.1) is 37.2 Å². The van der Waals surface area contributed by atoms with Gasteiger partial charge in [0.1, 0.15) is 16.9 Å². The second-order valence-corrected chi connectivity index (χ2v) is 7.96. The molecule has 1 fully saturated rings. The van der Waals surface area contributed by atoms with E-state index in [9.17, 15) is 9.18 Å². The van der Waals surface area contributed by atoms with Gasteiger partial charge in [-0.05, 0) is 44.4 Å². The highest BCUT2D eigenvalue weighted by Crippen LogP contribution is 2.44. The largest absolute Gasteiger partial charge is 0.479 e. The topological polar surface area (TPSA) is 96.9 Å². The van der Waals surface area contributed by atoms with Crippen molar-refractivity contribution < 1.29 is 18.7 Å². The van der Waals surface area contributed by atoms with Gasteiger partial charge in [0.2, 0.25) is 5.88 Å². The van der Waals surface area contributed by atoms with Gasteiger partial charge in [-0.1, -0.05) is 12.1 Å². The summed E-state index contributed by atoms with van der Waals surface area (Å²) in [6.07, 6.45) is 4.98. The summed E-state index contributed by atoms with van der Waals surface area (Å²) in [6.45, 7) is 3.96. The molecule has 4 aromatic rings. The summed E-state index contributed by atoms with van der Waals surface area (Å²) in [5.41, 5.74) is 3.23. The number of rotatable bonds is 7. The van der Waals surface area contributed by atoms with Crippen LogP contribution < -0.4 is 4.74 Å². The number of hydrogen-bond acceptors (Lipinski definition) is 7. The van der Waals surface area contributed by atoms with E-state index < -0.39 is 5.97 Å². The van der Waals surface area contributed by atoms with E-state index in [2.05, 4.69) is 10.1 Å². The zero-order valence-corrected chi connectivity index (χ0v) is 18.5. The summed E-state index contributed by atoms with van der Waals surface area (Å²) < 4.78 is 27.7. The number of carbonyl (C=O) groups is 1. The number of ether oxygens (including phenoxy) is 2. The Balaban J connectivity index is 1.64. The van der Waals surface area contributed by atoms with Crippen molar-refractivity contribution in [1.29, 1.82) is 0 Å². The third-order valence-electron chi connectivity index (χ3n) is 5.68. The number of methoxy groups -OCH3 is 1. The molecule has 1 atom stereocenters. The van der Waals surface area contributed by atoms with Gasteiger partial charge in [-0.15, -0.1) is 0 Å². The van der Waals surface area contributed by atoms with Crippen LogP contribution in [-0.2, 0) is 4.74 Å². The molecule has 5 rings (SSSR count). The fourth-order valence-electron chi connectivity index (χ4n) is 3.84. The Morgan fingerprint density at radius 3 is 2.82 bits per heavy atom. The van der Waals surface area contributed by atoms with E-state index in [0.717, 1.165) is 24.1 Å². The Morgan fingerprint density at radius 2 is 2.12 bits per heavy atom. The quantitative estimate of drug-likeness (QED) is 0.395. The number of fused-ring (bicyclic) bond motifs is 1. The Morgan fingerprint density at radius 1 is 1.30 bits per heavy atom. The molecule has 0 unspecified atom stereocenters. The number of carbonyl (C=O) groups excluding carboxylic acids is 1. The summed E-state index contributed by atoms with van der Waals surface area (Å²) in [6, 6.07) is 6.19. The van der Waals surface area contributed by atoms with Crippen molar-refractivity contribution in [2.75, 3.05) is 13.7 Å². The van der Waals surface area contributed by atoms with E-state index >= 15 is 0 Å². The molecule has 1 aliphatic rings. The van der Waals surface area contributed by atoms with Gasteiger partial charge in [-0.25, -0.2) is 18.9 Å². The Labute approximate surface area is 189 Å². The minimum Gasteiger partial charge on any atom is -0.479 e. The van der Waals surface area contributed by atoms with Crippen molar-refractivity contribution in [2.24, 2.45) is 0 Å². The molecule has 0 saturated heterocycles. The van der Waals surface area contributed by atoms with Crippen LogP contribution in [0.4, 0.5) is 4.39 Å². The van der Waals surface area contributed by atoms with E-state index in [0.29, 0.717) is 28.4 Å². The minimum atomic E-state index is -0.466. The maximum Gasteiger partial charge on any atom is 0.341 e. The first kappa shape index (κ1) is 21.0.